The maximum Gasteiger partial charge on any atom is 0.252 e. The molecule has 5 heteroatoms. The van der Waals surface area contributed by atoms with E-state index in [1.54, 1.807) is 19.2 Å². The molecule has 18 heavy (non-hydrogen) atoms. The normalized spacial score (nSPS) is 10.4. The fraction of sp³-hybridized carbons (Fsp3) is 0.154. The van der Waals surface area contributed by atoms with E-state index in [4.69, 9.17) is 10.5 Å². The Morgan fingerprint density at radius 3 is 2.50 bits per heavy atom. The van der Waals surface area contributed by atoms with Crippen molar-refractivity contribution < 1.29 is 9.13 Å². The van der Waals surface area contributed by atoms with E-state index in [0.717, 1.165) is 0 Å². The van der Waals surface area contributed by atoms with Crippen LogP contribution in [0.5, 0.6) is 5.75 Å². The Balaban J connectivity index is 2.56. The van der Waals surface area contributed by atoms with Crippen molar-refractivity contribution in [3.8, 4) is 16.9 Å². The van der Waals surface area contributed by atoms with Gasteiger partial charge in [0.05, 0.1) is 7.11 Å². The fourth-order valence-corrected chi connectivity index (χ4v) is 1.67. The van der Waals surface area contributed by atoms with Crippen LogP contribution in [0.4, 0.5) is 10.2 Å². The molecular formula is C13H13FN2O2. The highest BCUT2D eigenvalue weighted by Gasteiger charge is 2.07. The summed E-state index contributed by atoms with van der Waals surface area (Å²) in [7, 11) is 2.98. The zero-order valence-electron chi connectivity index (χ0n) is 10.1. The summed E-state index contributed by atoms with van der Waals surface area (Å²) in [5.41, 5.74) is 6.62. The molecule has 2 N–H and O–H groups in total. The summed E-state index contributed by atoms with van der Waals surface area (Å²) < 4.78 is 19.7. The molecular weight excluding hydrogens is 235 g/mol. The Labute approximate surface area is 103 Å². The fourth-order valence-electron chi connectivity index (χ4n) is 1.67. The summed E-state index contributed by atoms with van der Waals surface area (Å²) in [4.78, 5) is 11.6. The summed E-state index contributed by atoms with van der Waals surface area (Å²) >= 11 is 0. The number of anilines is 1. The molecule has 0 saturated carbocycles. The third-order valence-corrected chi connectivity index (χ3v) is 2.79. The molecule has 1 aromatic carbocycles. The molecule has 1 heterocycles. The Morgan fingerprint density at radius 2 is 1.94 bits per heavy atom. The van der Waals surface area contributed by atoms with E-state index in [-0.39, 0.29) is 11.3 Å². The van der Waals surface area contributed by atoms with Crippen LogP contribution in [0.3, 0.4) is 0 Å². The minimum absolute atomic E-state index is 0.163. The number of methoxy groups -OCH3 is 1. The molecule has 0 unspecified atom stereocenters. The van der Waals surface area contributed by atoms with Gasteiger partial charge in [-0.25, -0.2) is 4.39 Å². The van der Waals surface area contributed by atoms with Crippen molar-refractivity contribution in [2.45, 2.75) is 0 Å². The van der Waals surface area contributed by atoms with Gasteiger partial charge in [-0.3, -0.25) is 9.36 Å². The maximum absolute atomic E-state index is 13.6. The summed E-state index contributed by atoms with van der Waals surface area (Å²) in [5, 5.41) is 0. The molecule has 0 saturated heterocycles. The number of nitrogens with two attached hydrogens (primary N) is 1. The number of benzene rings is 1. The first kappa shape index (κ1) is 12.2. The third-order valence-electron chi connectivity index (χ3n) is 2.79. The van der Waals surface area contributed by atoms with E-state index in [1.165, 1.54) is 29.9 Å². The average molecular weight is 248 g/mol. The van der Waals surface area contributed by atoms with Gasteiger partial charge in [-0.2, -0.15) is 0 Å². The molecule has 0 fully saturated rings. The van der Waals surface area contributed by atoms with Crippen LogP contribution in [-0.4, -0.2) is 11.7 Å². The molecule has 0 bridgehead atoms. The number of hydrogen-bond acceptors (Lipinski definition) is 3. The highest BCUT2D eigenvalue weighted by molar-refractivity contribution is 5.66. The van der Waals surface area contributed by atoms with E-state index in [9.17, 15) is 9.18 Å². The van der Waals surface area contributed by atoms with Gasteiger partial charge < -0.3 is 10.5 Å². The van der Waals surface area contributed by atoms with Gasteiger partial charge >= 0.3 is 0 Å². The molecule has 1 aromatic heterocycles. The SMILES string of the molecule is COc1ccc(-c2cc(N)n(C)c(=O)c2)cc1F. The van der Waals surface area contributed by atoms with E-state index in [2.05, 4.69) is 0 Å². The van der Waals surface area contributed by atoms with Gasteiger partial charge in [0.25, 0.3) is 5.56 Å². The number of pyridine rings is 1. The lowest BCUT2D eigenvalue weighted by Gasteiger charge is -2.08. The van der Waals surface area contributed by atoms with Crippen LogP contribution in [0.2, 0.25) is 0 Å². The monoisotopic (exact) mass is 248 g/mol. The minimum Gasteiger partial charge on any atom is -0.494 e. The quantitative estimate of drug-likeness (QED) is 0.881. The zero-order chi connectivity index (χ0) is 13.3. The smallest absolute Gasteiger partial charge is 0.252 e. The Bertz CT molecular complexity index is 650. The second-order valence-corrected chi connectivity index (χ2v) is 3.92. The molecule has 2 rings (SSSR count). The Kier molecular flexibility index (Phi) is 3.06. The first-order valence-corrected chi connectivity index (χ1v) is 5.33. The van der Waals surface area contributed by atoms with Crippen LogP contribution >= 0.6 is 0 Å². The molecule has 2 aromatic rings. The number of halogens is 1. The number of hydrogen-bond donors (Lipinski definition) is 1. The molecule has 0 radical (unpaired) electrons. The molecule has 0 aliphatic rings. The van der Waals surface area contributed by atoms with Crippen LogP contribution in [-0.2, 0) is 7.05 Å². The van der Waals surface area contributed by atoms with Crippen molar-refractivity contribution in [3.63, 3.8) is 0 Å². The molecule has 0 aliphatic heterocycles. The number of ether oxygens (including phenoxy) is 1. The van der Waals surface area contributed by atoms with Crippen LogP contribution in [0.1, 0.15) is 0 Å². The number of rotatable bonds is 2. The van der Waals surface area contributed by atoms with Gasteiger partial charge in [-0.05, 0) is 29.3 Å². The average Bonchev–Trinajstić information content (AvgIpc) is 2.35. The standard InChI is InChI=1S/C13H13FN2O2/c1-16-12(15)6-9(7-13(16)17)8-3-4-11(18-2)10(14)5-8/h3-7H,15H2,1-2H3. The van der Waals surface area contributed by atoms with E-state index < -0.39 is 5.82 Å². The maximum atomic E-state index is 13.6. The molecule has 4 nitrogen and oxygen atoms in total. The summed E-state index contributed by atoms with van der Waals surface area (Å²) in [6, 6.07) is 7.54. The first-order chi connectivity index (χ1) is 8.52. The van der Waals surface area contributed by atoms with Crippen molar-refractivity contribution >= 4 is 5.82 Å². The molecule has 94 valence electrons. The van der Waals surface area contributed by atoms with Crippen LogP contribution in [0.25, 0.3) is 11.1 Å². The van der Waals surface area contributed by atoms with Gasteiger partial charge in [-0.1, -0.05) is 6.07 Å². The van der Waals surface area contributed by atoms with E-state index >= 15 is 0 Å². The van der Waals surface area contributed by atoms with Crippen molar-refractivity contribution in [2.24, 2.45) is 7.05 Å². The zero-order valence-corrected chi connectivity index (χ0v) is 10.1. The van der Waals surface area contributed by atoms with Gasteiger partial charge in [0.2, 0.25) is 0 Å². The topological polar surface area (TPSA) is 57.2 Å². The summed E-state index contributed by atoms with van der Waals surface area (Å²) in [6.07, 6.45) is 0. The predicted octanol–water partition coefficient (Wildman–Crippen LogP) is 1.78. The second-order valence-electron chi connectivity index (χ2n) is 3.92. The van der Waals surface area contributed by atoms with Crippen LogP contribution < -0.4 is 16.0 Å². The van der Waals surface area contributed by atoms with Crippen molar-refractivity contribution in [1.29, 1.82) is 0 Å². The molecule has 0 atom stereocenters. The van der Waals surface area contributed by atoms with Crippen molar-refractivity contribution in [3.05, 3.63) is 46.5 Å². The number of nitrogen functional groups attached to an aromatic ring is 1. The Hall–Kier alpha value is -2.30. The number of aromatic nitrogens is 1. The lowest BCUT2D eigenvalue weighted by Crippen LogP contribution is -2.18. The van der Waals surface area contributed by atoms with Gasteiger partial charge in [0.1, 0.15) is 5.82 Å². The molecule has 0 amide bonds. The van der Waals surface area contributed by atoms with Gasteiger partial charge in [0.15, 0.2) is 11.6 Å². The van der Waals surface area contributed by atoms with Crippen LogP contribution in [0.15, 0.2) is 35.1 Å². The summed E-state index contributed by atoms with van der Waals surface area (Å²) in [6.45, 7) is 0. The third kappa shape index (κ3) is 2.07. The lowest BCUT2D eigenvalue weighted by molar-refractivity contribution is 0.386. The van der Waals surface area contributed by atoms with Crippen molar-refractivity contribution in [2.75, 3.05) is 12.8 Å². The van der Waals surface area contributed by atoms with E-state index in [0.29, 0.717) is 16.9 Å². The number of nitrogens with zero attached hydrogens (tertiary/aromatic N) is 1. The summed E-state index contributed by atoms with van der Waals surface area (Å²) in [5.74, 6) is 0.0125. The predicted molar refractivity (Wildman–Crippen MR) is 68.0 cm³/mol. The van der Waals surface area contributed by atoms with Crippen molar-refractivity contribution in [1.82, 2.24) is 4.57 Å². The Morgan fingerprint density at radius 1 is 1.22 bits per heavy atom. The highest BCUT2D eigenvalue weighted by atomic mass is 19.1. The molecule has 0 aliphatic carbocycles. The highest BCUT2D eigenvalue weighted by Crippen LogP contribution is 2.25. The largest absolute Gasteiger partial charge is 0.494 e. The second kappa shape index (κ2) is 4.52. The van der Waals surface area contributed by atoms with Crippen LogP contribution in [0, 0.1) is 5.82 Å². The lowest BCUT2D eigenvalue weighted by atomic mass is 10.1. The minimum atomic E-state index is -0.478. The first-order valence-electron chi connectivity index (χ1n) is 5.33. The van der Waals surface area contributed by atoms with Gasteiger partial charge in [-0.15, -0.1) is 0 Å². The van der Waals surface area contributed by atoms with E-state index in [1.807, 2.05) is 0 Å². The van der Waals surface area contributed by atoms with Gasteiger partial charge in [0, 0.05) is 13.1 Å². The molecule has 0 spiro atoms.